The summed E-state index contributed by atoms with van der Waals surface area (Å²) in [6, 6.07) is 0. The Hall–Kier alpha value is -0.130. The zero-order valence-corrected chi connectivity index (χ0v) is 9.29. The molecule has 0 spiro atoms. The smallest absolute Gasteiger partial charge is 0.150 e. The highest BCUT2D eigenvalue weighted by atomic mass is 32.2. The first-order chi connectivity index (χ1) is 6.59. The Morgan fingerprint density at radius 1 is 1.43 bits per heavy atom. The van der Waals surface area contributed by atoms with E-state index in [-0.39, 0.29) is 24.0 Å². The van der Waals surface area contributed by atoms with E-state index < -0.39 is 9.84 Å². The zero-order chi connectivity index (χ0) is 10.6. The van der Waals surface area contributed by atoms with Gasteiger partial charge in [0.05, 0.1) is 18.1 Å². The van der Waals surface area contributed by atoms with Crippen LogP contribution in [0.1, 0.15) is 12.8 Å². The Bertz CT molecular complexity index is 246. The molecule has 0 aliphatic carbocycles. The van der Waals surface area contributed by atoms with Crippen LogP contribution in [0.3, 0.4) is 0 Å². The molecule has 0 saturated carbocycles. The first kappa shape index (κ1) is 11.9. The molecule has 5 heteroatoms. The van der Waals surface area contributed by atoms with E-state index >= 15 is 0 Å². The Morgan fingerprint density at radius 2 is 2.00 bits per heavy atom. The summed E-state index contributed by atoms with van der Waals surface area (Å²) in [5, 5.41) is 9.11. The third-order valence-electron chi connectivity index (χ3n) is 2.88. The minimum atomic E-state index is -2.79. The number of aliphatic hydroxyl groups is 1. The predicted octanol–water partition coefficient (Wildman–Crippen LogP) is 0.0661. The van der Waals surface area contributed by atoms with Crippen molar-refractivity contribution in [3.63, 3.8) is 0 Å². The number of hydrogen-bond acceptors (Lipinski definition) is 4. The maximum absolute atomic E-state index is 11.2. The molecule has 0 aromatic heterocycles. The zero-order valence-electron chi connectivity index (χ0n) is 8.48. The van der Waals surface area contributed by atoms with Gasteiger partial charge in [0.2, 0.25) is 0 Å². The minimum absolute atomic E-state index is 0.0819. The molecule has 4 nitrogen and oxygen atoms in total. The topological polar surface area (TPSA) is 63.6 Å². The maximum atomic E-state index is 11.2. The van der Waals surface area contributed by atoms with Crippen LogP contribution in [0.5, 0.6) is 0 Å². The van der Waals surface area contributed by atoms with Crippen molar-refractivity contribution in [1.29, 1.82) is 0 Å². The van der Waals surface area contributed by atoms with Gasteiger partial charge < -0.3 is 9.84 Å². The molecule has 1 atom stereocenters. The largest absolute Gasteiger partial charge is 0.396 e. The average molecular weight is 222 g/mol. The van der Waals surface area contributed by atoms with Crippen molar-refractivity contribution >= 4 is 9.84 Å². The van der Waals surface area contributed by atoms with Gasteiger partial charge in [-0.05, 0) is 18.8 Å². The molecule has 1 aliphatic heterocycles. The van der Waals surface area contributed by atoms with Gasteiger partial charge in [-0.15, -0.1) is 0 Å². The number of hydrogen-bond donors (Lipinski definition) is 1. The molecule has 1 rings (SSSR count). The molecule has 0 aromatic rings. The highest BCUT2D eigenvalue weighted by Crippen LogP contribution is 2.26. The van der Waals surface area contributed by atoms with Crippen molar-refractivity contribution in [2.24, 2.45) is 11.8 Å². The highest BCUT2D eigenvalue weighted by molar-refractivity contribution is 7.91. The van der Waals surface area contributed by atoms with Gasteiger partial charge in [0.15, 0.2) is 0 Å². The molecule has 1 aliphatic rings. The lowest BCUT2D eigenvalue weighted by atomic mass is 9.88. The van der Waals surface area contributed by atoms with Crippen LogP contribution in [0.2, 0.25) is 0 Å². The van der Waals surface area contributed by atoms with E-state index in [1.807, 2.05) is 0 Å². The molecule has 1 saturated heterocycles. The Kier molecular flexibility index (Phi) is 4.34. The van der Waals surface area contributed by atoms with Crippen molar-refractivity contribution in [3.05, 3.63) is 0 Å². The summed E-state index contributed by atoms with van der Waals surface area (Å²) in [7, 11) is -1.20. The number of ether oxygens (including phenoxy) is 1. The Morgan fingerprint density at radius 3 is 2.43 bits per heavy atom. The van der Waals surface area contributed by atoms with Gasteiger partial charge in [0, 0.05) is 19.6 Å². The van der Waals surface area contributed by atoms with Gasteiger partial charge in [-0.3, -0.25) is 0 Å². The summed E-state index contributed by atoms with van der Waals surface area (Å²) in [5.41, 5.74) is 0. The third-order valence-corrected chi connectivity index (χ3v) is 4.60. The van der Waals surface area contributed by atoms with Gasteiger partial charge in [-0.2, -0.15) is 0 Å². The average Bonchev–Trinajstić information content (AvgIpc) is 2.15. The second kappa shape index (κ2) is 5.09. The van der Waals surface area contributed by atoms with Crippen LogP contribution in [0.25, 0.3) is 0 Å². The van der Waals surface area contributed by atoms with Crippen molar-refractivity contribution in [2.45, 2.75) is 12.8 Å². The van der Waals surface area contributed by atoms with Crippen molar-refractivity contribution in [1.82, 2.24) is 0 Å². The first-order valence-electron chi connectivity index (χ1n) is 4.89. The SMILES string of the molecule is COCC(CO)C1CCS(=O)(=O)CC1. The lowest BCUT2D eigenvalue weighted by molar-refractivity contribution is 0.0718. The van der Waals surface area contributed by atoms with Crippen molar-refractivity contribution in [3.8, 4) is 0 Å². The van der Waals surface area contributed by atoms with E-state index in [4.69, 9.17) is 9.84 Å². The monoisotopic (exact) mass is 222 g/mol. The highest BCUT2D eigenvalue weighted by Gasteiger charge is 2.28. The number of aliphatic hydroxyl groups excluding tert-OH is 1. The molecule has 1 N–H and O–H groups in total. The molecule has 0 radical (unpaired) electrons. The van der Waals surface area contributed by atoms with Crippen molar-refractivity contribution < 1.29 is 18.3 Å². The molecular weight excluding hydrogens is 204 g/mol. The molecule has 0 bridgehead atoms. The quantitative estimate of drug-likeness (QED) is 0.731. The molecule has 1 unspecified atom stereocenters. The normalized spacial score (nSPS) is 24.7. The minimum Gasteiger partial charge on any atom is -0.396 e. The fraction of sp³-hybridized carbons (Fsp3) is 1.00. The van der Waals surface area contributed by atoms with Crippen LogP contribution in [-0.4, -0.2) is 45.4 Å². The molecule has 0 amide bonds. The summed E-state index contributed by atoms with van der Waals surface area (Å²) >= 11 is 0. The summed E-state index contributed by atoms with van der Waals surface area (Å²) < 4.78 is 27.3. The molecular formula is C9H18O4S. The van der Waals surface area contributed by atoms with Crippen LogP contribution < -0.4 is 0 Å². The molecule has 1 fully saturated rings. The van der Waals surface area contributed by atoms with Crippen molar-refractivity contribution in [2.75, 3.05) is 31.8 Å². The van der Waals surface area contributed by atoms with E-state index in [2.05, 4.69) is 0 Å². The number of sulfone groups is 1. The third kappa shape index (κ3) is 3.22. The molecule has 1 heterocycles. The van der Waals surface area contributed by atoms with E-state index in [0.29, 0.717) is 25.4 Å². The van der Waals surface area contributed by atoms with Crippen LogP contribution in [-0.2, 0) is 14.6 Å². The van der Waals surface area contributed by atoms with E-state index in [1.165, 1.54) is 0 Å². The van der Waals surface area contributed by atoms with Crippen LogP contribution in [0.4, 0.5) is 0 Å². The number of methoxy groups -OCH3 is 1. The van der Waals surface area contributed by atoms with Gasteiger partial charge in [0.1, 0.15) is 9.84 Å². The van der Waals surface area contributed by atoms with E-state index in [9.17, 15) is 8.42 Å². The molecule has 84 valence electrons. The second-order valence-corrected chi connectivity index (χ2v) is 6.19. The van der Waals surface area contributed by atoms with Crippen LogP contribution in [0.15, 0.2) is 0 Å². The fourth-order valence-corrected chi connectivity index (χ4v) is 3.46. The van der Waals surface area contributed by atoms with E-state index in [1.54, 1.807) is 7.11 Å². The number of rotatable bonds is 4. The van der Waals surface area contributed by atoms with Gasteiger partial charge in [-0.25, -0.2) is 8.42 Å². The van der Waals surface area contributed by atoms with Crippen LogP contribution in [0, 0.1) is 11.8 Å². The van der Waals surface area contributed by atoms with Crippen LogP contribution >= 0.6 is 0 Å². The molecule has 0 aromatic carbocycles. The second-order valence-electron chi connectivity index (χ2n) is 3.89. The maximum Gasteiger partial charge on any atom is 0.150 e. The summed E-state index contributed by atoms with van der Waals surface area (Å²) in [6.45, 7) is 0.597. The molecule has 14 heavy (non-hydrogen) atoms. The van der Waals surface area contributed by atoms with Gasteiger partial charge in [0.25, 0.3) is 0 Å². The standard InChI is InChI=1S/C9H18O4S/c1-13-7-9(6-10)8-2-4-14(11,12)5-3-8/h8-10H,2-7H2,1H3. The fourth-order valence-electron chi connectivity index (χ4n) is 1.93. The Labute approximate surface area is 85.2 Å². The van der Waals surface area contributed by atoms with Gasteiger partial charge >= 0.3 is 0 Å². The summed E-state index contributed by atoms with van der Waals surface area (Å²) in [5.74, 6) is 0.912. The first-order valence-corrected chi connectivity index (χ1v) is 6.71. The predicted molar refractivity (Wildman–Crippen MR) is 53.8 cm³/mol. The lowest BCUT2D eigenvalue weighted by Gasteiger charge is -2.28. The Balaban J connectivity index is 2.47. The van der Waals surface area contributed by atoms with Gasteiger partial charge in [-0.1, -0.05) is 0 Å². The summed E-state index contributed by atoms with van der Waals surface area (Å²) in [4.78, 5) is 0. The van der Waals surface area contributed by atoms with E-state index in [0.717, 1.165) is 0 Å². The summed E-state index contributed by atoms with van der Waals surface area (Å²) in [6.07, 6.45) is 1.33. The lowest BCUT2D eigenvalue weighted by Crippen LogP contribution is -2.31.